The molecule has 2 rings (SSSR count). The third-order valence-electron chi connectivity index (χ3n) is 3.65. The smallest absolute Gasteiger partial charge is 0.128 e. The van der Waals surface area contributed by atoms with E-state index in [9.17, 15) is 4.39 Å². The highest BCUT2D eigenvalue weighted by molar-refractivity contribution is 9.10. The Morgan fingerprint density at radius 1 is 1.25 bits per heavy atom. The van der Waals surface area contributed by atoms with Crippen LogP contribution in [0.4, 0.5) is 15.8 Å². The lowest BCUT2D eigenvalue weighted by Gasteiger charge is -2.29. The van der Waals surface area contributed by atoms with Crippen LogP contribution in [-0.2, 0) is 0 Å². The van der Waals surface area contributed by atoms with Crippen LogP contribution in [-0.4, -0.2) is 7.05 Å². The molecule has 2 aromatic carbocycles. The number of aryl methyl sites for hydroxylation is 1. The predicted octanol–water partition coefficient (Wildman–Crippen LogP) is 4.68. The van der Waals surface area contributed by atoms with Crippen LogP contribution in [0.15, 0.2) is 40.9 Å². The van der Waals surface area contributed by atoms with Gasteiger partial charge in [0.25, 0.3) is 0 Å². The third-order valence-corrected chi connectivity index (χ3v) is 4.29. The van der Waals surface area contributed by atoms with Gasteiger partial charge >= 0.3 is 0 Å². The molecule has 2 nitrogen and oxygen atoms in total. The minimum Gasteiger partial charge on any atom is -0.398 e. The molecule has 20 heavy (non-hydrogen) atoms. The topological polar surface area (TPSA) is 29.3 Å². The molecule has 0 aliphatic rings. The minimum absolute atomic E-state index is 0.0736. The van der Waals surface area contributed by atoms with E-state index >= 15 is 0 Å². The summed E-state index contributed by atoms with van der Waals surface area (Å²) in [5, 5.41) is 0. The lowest BCUT2D eigenvalue weighted by atomic mass is 10.1. The van der Waals surface area contributed by atoms with Gasteiger partial charge < -0.3 is 10.6 Å². The predicted molar refractivity (Wildman–Crippen MR) is 86.5 cm³/mol. The lowest BCUT2D eigenvalue weighted by Crippen LogP contribution is -2.23. The molecule has 1 atom stereocenters. The summed E-state index contributed by atoms with van der Waals surface area (Å²) >= 11 is 3.53. The largest absolute Gasteiger partial charge is 0.398 e. The summed E-state index contributed by atoms with van der Waals surface area (Å²) in [6.07, 6.45) is 0. The molecule has 1 unspecified atom stereocenters. The van der Waals surface area contributed by atoms with Gasteiger partial charge in [0.05, 0.1) is 11.7 Å². The van der Waals surface area contributed by atoms with Crippen molar-refractivity contribution in [1.29, 1.82) is 0 Å². The number of nitrogens with zero attached hydrogens (tertiary/aromatic N) is 1. The Kier molecular flexibility index (Phi) is 4.33. The standard InChI is InChI=1S/C16H18BrFN2/c1-10-8-16(13(17)9-15(10)19)20(3)11(2)12-6-4-5-7-14(12)18/h4-9,11H,19H2,1-3H3. The van der Waals surface area contributed by atoms with E-state index in [4.69, 9.17) is 5.73 Å². The molecule has 0 aliphatic heterocycles. The maximum atomic E-state index is 13.9. The fourth-order valence-electron chi connectivity index (χ4n) is 2.18. The molecule has 0 radical (unpaired) electrons. The molecule has 2 N–H and O–H groups in total. The Bertz CT molecular complexity index is 628. The van der Waals surface area contributed by atoms with Crippen molar-refractivity contribution in [2.45, 2.75) is 19.9 Å². The van der Waals surface area contributed by atoms with E-state index in [-0.39, 0.29) is 11.9 Å². The summed E-state index contributed by atoms with van der Waals surface area (Å²) in [5.74, 6) is -0.185. The van der Waals surface area contributed by atoms with E-state index in [1.807, 2.05) is 50.1 Å². The average molecular weight is 337 g/mol. The second kappa shape index (κ2) is 5.83. The molecule has 0 saturated carbocycles. The Labute approximate surface area is 127 Å². The van der Waals surface area contributed by atoms with Gasteiger partial charge in [0.15, 0.2) is 0 Å². The number of benzene rings is 2. The van der Waals surface area contributed by atoms with Gasteiger partial charge in [-0.25, -0.2) is 4.39 Å². The molecule has 2 aromatic rings. The molecule has 0 aromatic heterocycles. The van der Waals surface area contributed by atoms with Crippen LogP contribution in [0.25, 0.3) is 0 Å². The van der Waals surface area contributed by atoms with Gasteiger partial charge in [0, 0.05) is 22.8 Å². The molecule has 106 valence electrons. The van der Waals surface area contributed by atoms with Crippen LogP contribution in [0, 0.1) is 12.7 Å². The van der Waals surface area contributed by atoms with Gasteiger partial charge in [0.1, 0.15) is 5.82 Å². The van der Waals surface area contributed by atoms with Crippen molar-refractivity contribution >= 4 is 27.3 Å². The van der Waals surface area contributed by atoms with E-state index in [1.54, 1.807) is 6.07 Å². The average Bonchev–Trinajstić information content (AvgIpc) is 2.42. The molecule has 0 spiro atoms. The molecule has 0 aliphatic carbocycles. The SMILES string of the molecule is Cc1cc(N(C)C(C)c2ccccc2F)c(Br)cc1N. The van der Waals surface area contributed by atoms with E-state index in [1.165, 1.54) is 6.07 Å². The lowest BCUT2D eigenvalue weighted by molar-refractivity contribution is 0.585. The van der Waals surface area contributed by atoms with Gasteiger partial charge in [-0.15, -0.1) is 0 Å². The molecule has 0 heterocycles. The van der Waals surface area contributed by atoms with E-state index < -0.39 is 0 Å². The second-order valence-corrected chi connectivity index (χ2v) is 5.82. The molecular weight excluding hydrogens is 319 g/mol. The highest BCUT2D eigenvalue weighted by Crippen LogP contribution is 2.35. The van der Waals surface area contributed by atoms with Crippen molar-refractivity contribution in [1.82, 2.24) is 0 Å². The number of rotatable bonds is 3. The Morgan fingerprint density at radius 2 is 1.90 bits per heavy atom. The Balaban J connectivity index is 2.39. The summed E-state index contributed by atoms with van der Waals surface area (Å²) < 4.78 is 14.8. The maximum absolute atomic E-state index is 13.9. The first-order chi connectivity index (χ1) is 9.41. The number of hydrogen-bond donors (Lipinski definition) is 1. The Hall–Kier alpha value is -1.55. The number of anilines is 2. The van der Waals surface area contributed by atoms with Crippen LogP contribution in [0.3, 0.4) is 0 Å². The van der Waals surface area contributed by atoms with E-state index in [0.29, 0.717) is 5.56 Å². The fourth-order valence-corrected chi connectivity index (χ4v) is 2.82. The van der Waals surface area contributed by atoms with Crippen LogP contribution in [0.2, 0.25) is 0 Å². The molecule has 0 fully saturated rings. The normalized spacial score (nSPS) is 12.2. The van der Waals surface area contributed by atoms with Gasteiger partial charge in [-0.3, -0.25) is 0 Å². The van der Waals surface area contributed by atoms with Crippen LogP contribution < -0.4 is 10.6 Å². The number of hydrogen-bond acceptors (Lipinski definition) is 2. The zero-order valence-corrected chi connectivity index (χ0v) is 13.4. The van der Waals surface area contributed by atoms with Gasteiger partial charge in [-0.05, 0) is 53.5 Å². The first-order valence-corrected chi connectivity index (χ1v) is 7.24. The summed E-state index contributed by atoms with van der Waals surface area (Å²) in [6, 6.07) is 10.7. The van der Waals surface area contributed by atoms with Crippen molar-refractivity contribution < 1.29 is 4.39 Å². The van der Waals surface area contributed by atoms with Crippen molar-refractivity contribution in [3.8, 4) is 0 Å². The number of nitrogens with two attached hydrogens (primary N) is 1. The van der Waals surface area contributed by atoms with Crippen LogP contribution in [0.5, 0.6) is 0 Å². The summed E-state index contributed by atoms with van der Waals surface area (Å²) in [4.78, 5) is 2.04. The van der Waals surface area contributed by atoms with Crippen molar-refractivity contribution in [2.75, 3.05) is 17.7 Å². The van der Waals surface area contributed by atoms with E-state index in [2.05, 4.69) is 15.9 Å². The van der Waals surface area contributed by atoms with Gasteiger partial charge in [-0.1, -0.05) is 18.2 Å². The summed E-state index contributed by atoms with van der Waals surface area (Å²) in [5.41, 5.74) is 9.32. The highest BCUT2D eigenvalue weighted by atomic mass is 79.9. The quantitative estimate of drug-likeness (QED) is 0.825. The van der Waals surface area contributed by atoms with E-state index in [0.717, 1.165) is 21.4 Å². The van der Waals surface area contributed by atoms with Crippen molar-refractivity contribution in [3.63, 3.8) is 0 Å². The van der Waals surface area contributed by atoms with Crippen LogP contribution in [0.1, 0.15) is 24.1 Å². The highest BCUT2D eigenvalue weighted by Gasteiger charge is 2.18. The van der Waals surface area contributed by atoms with Crippen molar-refractivity contribution in [3.05, 3.63) is 57.8 Å². The minimum atomic E-state index is -0.185. The van der Waals surface area contributed by atoms with Gasteiger partial charge in [0.2, 0.25) is 0 Å². The van der Waals surface area contributed by atoms with Gasteiger partial charge in [-0.2, -0.15) is 0 Å². The number of halogens is 2. The fraction of sp³-hybridized carbons (Fsp3) is 0.250. The maximum Gasteiger partial charge on any atom is 0.128 e. The zero-order chi connectivity index (χ0) is 14.9. The summed E-state index contributed by atoms with van der Waals surface area (Å²) in [6.45, 7) is 3.95. The molecule has 4 heteroatoms. The number of nitrogen functional groups attached to an aromatic ring is 1. The molecule has 0 amide bonds. The summed E-state index contributed by atoms with van der Waals surface area (Å²) in [7, 11) is 1.95. The second-order valence-electron chi connectivity index (χ2n) is 4.97. The first-order valence-electron chi connectivity index (χ1n) is 6.44. The molecule has 0 bridgehead atoms. The molecular formula is C16H18BrFN2. The molecule has 0 saturated heterocycles. The van der Waals surface area contributed by atoms with Crippen LogP contribution >= 0.6 is 15.9 Å². The monoisotopic (exact) mass is 336 g/mol. The zero-order valence-electron chi connectivity index (χ0n) is 11.8. The van der Waals surface area contributed by atoms with Crippen molar-refractivity contribution in [2.24, 2.45) is 0 Å². The third kappa shape index (κ3) is 2.80. The Morgan fingerprint density at radius 3 is 2.55 bits per heavy atom. The first kappa shape index (κ1) is 14.9.